The highest BCUT2D eigenvalue weighted by Crippen LogP contribution is 2.21. The largest absolute Gasteiger partial charge is 0.469 e. The van der Waals surface area contributed by atoms with Gasteiger partial charge in [0.2, 0.25) is 0 Å². The fourth-order valence-corrected chi connectivity index (χ4v) is 2.31. The number of carbonyl (C=O) groups is 1. The summed E-state index contributed by atoms with van der Waals surface area (Å²) < 4.78 is 10.3. The first-order valence-electron chi connectivity index (χ1n) is 7.99. The number of aliphatic hydroxyl groups excluding tert-OH is 1. The Labute approximate surface area is 139 Å². The normalized spacial score (nSPS) is 15.8. The van der Waals surface area contributed by atoms with Gasteiger partial charge in [0.25, 0.3) is 0 Å². The molecule has 0 aliphatic carbocycles. The molecule has 1 aromatic carbocycles. The predicted octanol–water partition coefficient (Wildman–Crippen LogP) is 3.35. The Kier molecular flexibility index (Phi) is 8.59. The third-order valence-corrected chi connectivity index (χ3v) is 4.12. The number of methoxy groups -OCH3 is 1. The van der Waals surface area contributed by atoms with Crippen LogP contribution < -0.4 is 0 Å². The number of ether oxygens (including phenoxy) is 2. The summed E-state index contributed by atoms with van der Waals surface area (Å²) in [4.78, 5) is 11.2. The first-order valence-corrected chi connectivity index (χ1v) is 7.99. The first-order chi connectivity index (χ1) is 11.0. The van der Waals surface area contributed by atoms with Gasteiger partial charge in [0, 0.05) is 11.8 Å². The minimum absolute atomic E-state index is 0.00943. The molecule has 4 heteroatoms. The molecule has 0 radical (unpaired) electrons. The van der Waals surface area contributed by atoms with Crippen molar-refractivity contribution in [1.29, 1.82) is 0 Å². The molecule has 128 valence electrons. The average Bonchev–Trinajstić information content (AvgIpc) is 2.58. The van der Waals surface area contributed by atoms with Crippen LogP contribution in [0.1, 0.15) is 32.8 Å². The van der Waals surface area contributed by atoms with Crippen molar-refractivity contribution in [2.75, 3.05) is 13.7 Å². The van der Waals surface area contributed by atoms with Gasteiger partial charge in [-0.2, -0.15) is 0 Å². The van der Waals surface area contributed by atoms with Gasteiger partial charge < -0.3 is 14.6 Å². The van der Waals surface area contributed by atoms with Crippen molar-refractivity contribution >= 4 is 5.97 Å². The topological polar surface area (TPSA) is 55.8 Å². The van der Waals surface area contributed by atoms with Crippen molar-refractivity contribution in [3.63, 3.8) is 0 Å². The fourth-order valence-electron chi connectivity index (χ4n) is 2.31. The van der Waals surface area contributed by atoms with Crippen LogP contribution in [0.5, 0.6) is 0 Å². The van der Waals surface area contributed by atoms with Gasteiger partial charge in [0.1, 0.15) is 0 Å². The number of benzene rings is 1. The summed E-state index contributed by atoms with van der Waals surface area (Å²) in [6, 6.07) is 9.97. The molecule has 0 saturated carbocycles. The molecule has 1 aromatic rings. The second-order valence-electron chi connectivity index (χ2n) is 5.99. The van der Waals surface area contributed by atoms with E-state index >= 15 is 0 Å². The van der Waals surface area contributed by atoms with Crippen LogP contribution in [-0.4, -0.2) is 30.9 Å². The van der Waals surface area contributed by atoms with Gasteiger partial charge >= 0.3 is 5.97 Å². The van der Waals surface area contributed by atoms with Crippen LogP contribution in [0.25, 0.3) is 0 Å². The summed E-state index contributed by atoms with van der Waals surface area (Å²) in [6.45, 7) is 6.89. The van der Waals surface area contributed by atoms with E-state index in [0.717, 1.165) is 11.1 Å². The quantitative estimate of drug-likeness (QED) is 0.560. The molecule has 1 N–H and O–H groups in total. The number of esters is 1. The Hall–Kier alpha value is -1.65. The highest BCUT2D eigenvalue weighted by Gasteiger charge is 2.22. The summed E-state index contributed by atoms with van der Waals surface area (Å²) >= 11 is 0. The number of rotatable bonds is 9. The van der Waals surface area contributed by atoms with Gasteiger partial charge in [-0.25, -0.2) is 0 Å². The van der Waals surface area contributed by atoms with Crippen molar-refractivity contribution in [1.82, 2.24) is 0 Å². The van der Waals surface area contributed by atoms with Gasteiger partial charge in [-0.3, -0.25) is 4.79 Å². The molecule has 0 fully saturated rings. The number of carbonyl (C=O) groups excluding carboxylic acids is 1. The summed E-state index contributed by atoms with van der Waals surface area (Å²) in [6.07, 6.45) is 1.54. The Balaban J connectivity index is 2.42. The Bertz CT molecular complexity index is 495. The SMILES string of the molecule is COC(=O)C/C=C(\C)[C@@H](C)[C@@H](O)[C@@H](C)COCc1ccccc1. The van der Waals surface area contributed by atoms with E-state index in [9.17, 15) is 9.90 Å². The average molecular weight is 320 g/mol. The maximum absolute atomic E-state index is 11.2. The molecule has 4 nitrogen and oxygen atoms in total. The van der Waals surface area contributed by atoms with Crippen LogP contribution in [0, 0.1) is 11.8 Å². The van der Waals surface area contributed by atoms with E-state index in [4.69, 9.17) is 4.74 Å². The van der Waals surface area contributed by atoms with Crippen molar-refractivity contribution in [2.24, 2.45) is 11.8 Å². The first kappa shape index (κ1) is 19.4. The van der Waals surface area contributed by atoms with E-state index in [1.807, 2.05) is 57.2 Å². The molecule has 0 aliphatic rings. The number of aliphatic hydroxyl groups is 1. The van der Waals surface area contributed by atoms with Crippen LogP contribution in [0.4, 0.5) is 0 Å². The van der Waals surface area contributed by atoms with Gasteiger partial charge in [-0.15, -0.1) is 0 Å². The van der Waals surface area contributed by atoms with E-state index in [1.165, 1.54) is 7.11 Å². The molecular formula is C19H28O4. The zero-order valence-corrected chi connectivity index (χ0v) is 14.5. The van der Waals surface area contributed by atoms with Gasteiger partial charge in [-0.05, 0) is 12.5 Å². The van der Waals surface area contributed by atoms with Crippen LogP contribution in [0.3, 0.4) is 0 Å². The highest BCUT2D eigenvalue weighted by molar-refractivity contribution is 5.71. The van der Waals surface area contributed by atoms with Crippen LogP contribution in [-0.2, 0) is 20.9 Å². The van der Waals surface area contributed by atoms with Gasteiger partial charge in [-0.1, -0.05) is 55.8 Å². The highest BCUT2D eigenvalue weighted by atomic mass is 16.5. The molecule has 0 bridgehead atoms. The van der Waals surface area contributed by atoms with Crippen molar-refractivity contribution in [3.05, 3.63) is 47.5 Å². The maximum atomic E-state index is 11.2. The van der Waals surface area contributed by atoms with Crippen LogP contribution in [0.2, 0.25) is 0 Å². The molecule has 0 aliphatic heterocycles. The predicted molar refractivity (Wildman–Crippen MR) is 90.8 cm³/mol. The molecular weight excluding hydrogens is 292 g/mol. The van der Waals surface area contributed by atoms with E-state index in [2.05, 4.69) is 4.74 Å². The number of hydrogen-bond donors (Lipinski definition) is 1. The summed E-state index contributed by atoms with van der Waals surface area (Å²) in [5, 5.41) is 10.4. The Morgan fingerprint density at radius 2 is 1.91 bits per heavy atom. The zero-order valence-electron chi connectivity index (χ0n) is 14.5. The molecule has 3 atom stereocenters. The Morgan fingerprint density at radius 1 is 1.26 bits per heavy atom. The lowest BCUT2D eigenvalue weighted by Gasteiger charge is -2.25. The third kappa shape index (κ3) is 6.97. The lowest BCUT2D eigenvalue weighted by atomic mass is 9.88. The molecule has 0 heterocycles. The lowest BCUT2D eigenvalue weighted by Crippen LogP contribution is -2.29. The molecule has 0 spiro atoms. The zero-order chi connectivity index (χ0) is 17.2. The lowest BCUT2D eigenvalue weighted by molar-refractivity contribution is -0.139. The van der Waals surface area contributed by atoms with Gasteiger partial charge in [0.05, 0.1) is 32.8 Å². The maximum Gasteiger partial charge on any atom is 0.309 e. The van der Waals surface area contributed by atoms with E-state index in [1.54, 1.807) is 0 Å². The van der Waals surface area contributed by atoms with E-state index < -0.39 is 6.10 Å². The van der Waals surface area contributed by atoms with Crippen LogP contribution in [0.15, 0.2) is 42.0 Å². The standard InChI is InChI=1S/C19H28O4/c1-14(10-11-18(20)22-4)16(3)19(21)15(2)12-23-13-17-8-6-5-7-9-17/h5-10,15-16,19,21H,11-13H2,1-4H3/b14-10+/t15-,16+,19-/m0/s1. The van der Waals surface area contributed by atoms with Gasteiger partial charge in [0.15, 0.2) is 0 Å². The summed E-state index contributed by atoms with van der Waals surface area (Å²) in [5.74, 6) is -0.296. The van der Waals surface area contributed by atoms with Crippen molar-refractivity contribution in [2.45, 2.75) is 39.9 Å². The minimum atomic E-state index is -0.514. The number of hydrogen-bond acceptors (Lipinski definition) is 4. The summed E-state index contributed by atoms with van der Waals surface area (Å²) in [5.41, 5.74) is 2.11. The third-order valence-electron chi connectivity index (χ3n) is 4.12. The molecule has 0 amide bonds. The van der Waals surface area contributed by atoms with E-state index in [0.29, 0.717) is 13.2 Å². The monoisotopic (exact) mass is 320 g/mol. The molecule has 1 rings (SSSR count). The molecule has 0 aromatic heterocycles. The second kappa shape index (κ2) is 10.2. The van der Waals surface area contributed by atoms with Crippen molar-refractivity contribution < 1.29 is 19.4 Å². The smallest absolute Gasteiger partial charge is 0.309 e. The molecule has 23 heavy (non-hydrogen) atoms. The summed E-state index contributed by atoms with van der Waals surface area (Å²) in [7, 11) is 1.37. The Morgan fingerprint density at radius 3 is 2.52 bits per heavy atom. The minimum Gasteiger partial charge on any atom is -0.469 e. The molecule has 0 saturated heterocycles. The van der Waals surface area contributed by atoms with Crippen molar-refractivity contribution in [3.8, 4) is 0 Å². The van der Waals surface area contributed by atoms with Crippen LogP contribution >= 0.6 is 0 Å². The molecule has 0 unspecified atom stereocenters. The van der Waals surface area contributed by atoms with E-state index in [-0.39, 0.29) is 24.2 Å². The second-order valence-corrected chi connectivity index (χ2v) is 5.99. The fraction of sp³-hybridized carbons (Fsp3) is 0.526.